The number of piperidine rings is 1. The van der Waals surface area contributed by atoms with Gasteiger partial charge in [0, 0.05) is 13.2 Å². The molecule has 144 valence electrons. The molecule has 25 heavy (non-hydrogen) atoms. The van der Waals surface area contributed by atoms with Crippen molar-refractivity contribution in [2.24, 2.45) is 11.8 Å². The van der Waals surface area contributed by atoms with Gasteiger partial charge >= 0.3 is 0 Å². The van der Waals surface area contributed by atoms with Crippen LogP contribution < -0.4 is 10.6 Å². The Kier molecular flexibility index (Phi) is 9.38. The van der Waals surface area contributed by atoms with E-state index in [0.717, 1.165) is 38.0 Å². The molecular formula is C17H32ClN5O2. The Hall–Kier alpha value is -1.18. The van der Waals surface area contributed by atoms with Crippen LogP contribution in [-0.4, -0.2) is 52.2 Å². The van der Waals surface area contributed by atoms with E-state index >= 15 is 0 Å². The lowest BCUT2D eigenvalue weighted by Gasteiger charge is -2.23. The summed E-state index contributed by atoms with van der Waals surface area (Å²) in [4.78, 5) is 12.5. The Bertz CT molecular complexity index is 529. The fraction of sp³-hybridized carbons (Fsp3) is 0.824. The van der Waals surface area contributed by atoms with Crippen LogP contribution >= 0.6 is 12.4 Å². The van der Waals surface area contributed by atoms with Crippen molar-refractivity contribution in [3.8, 4) is 0 Å². The second kappa shape index (κ2) is 10.7. The molecule has 2 rings (SSSR count). The lowest BCUT2D eigenvalue weighted by atomic mass is 9.94. The summed E-state index contributed by atoms with van der Waals surface area (Å²) in [7, 11) is 0. The van der Waals surface area contributed by atoms with Crippen molar-refractivity contribution in [3.05, 3.63) is 11.4 Å². The van der Waals surface area contributed by atoms with E-state index in [9.17, 15) is 9.90 Å². The molecule has 7 nitrogen and oxygen atoms in total. The first kappa shape index (κ1) is 21.9. The lowest BCUT2D eigenvalue weighted by molar-refractivity contribution is 0.0935. The fourth-order valence-electron chi connectivity index (χ4n) is 3.42. The van der Waals surface area contributed by atoms with Gasteiger partial charge < -0.3 is 15.7 Å². The summed E-state index contributed by atoms with van der Waals surface area (Å²) in [5, 5.41) is 23.8. The van der Waals surface area contributed by atoms with Gasteiger partial charge in [0.25, 0.3) is 5.91 Å². The maximum atomic E-state index is 12.5. The summed E-state index contributed by atoms with van der Waals surface area (Å²) >= 11 is 0. The third kappa shape index (κ3) is 6.24. The molecule has 8 heteroatoms. The van der Waals surface area contributed by atoms with E-state index in [4.69, 9.17) is 0 Å². The van der Waals surface area contributed by atoms with E-state index in [1.165, 1.54) is 0 Å². The summed E-state index contributed by atoms with van der Waals surface area (Å²) in [6.07, 6.45) is 3.72. The molecule has 1 aromatic heterocycles. The van der Waals surface area contributed by atoms with E-state index < -0.39 is 0 Å². The van der Waals surface area contributed by atoms with E-state index in [-0.39, 0.29) is 24.9 Å². The predicted molar refractivity (Wildman–Crippen MR) is 100 cm³/mol. The van der Waals surface area contributed by atoms with Crippen molar-refractivity contribution in [1.29, 1.82) is 0 Å². The van der Waals surface area contributed by atoms with Gasteiger partial charge in [0.2, 0.25) is 0 Å². The number of carbonyl (C=O) groups is 1. The number of aliphatic hydroxyl groups excluding tert-OH is 1. The van der Waals surface area contributed by atoms with Crippen molar-refractivity contribution in [2.75, 3.05) is 26.2 Å². The summed E-state index contributed by atoms with van der Waals surface area (Å²) < 4.78 is 1.90. The molecule has 1 saturated heterocycles. The average molecular weight is 374 g/mol. The maximum absolute atomic E-state index is 12.5. The lowest BCUT2D eigenvalue weighted by Crippen LogP contribution is -2.32. The van der Waals surface area contributed by atoms with Crippen LogP contribution in [0.15, 0.2) is 0 Å². The molecule has 1 aromatic rings. The SMILES string of the molecule is Cc1c(C(=O)NCC(CCO)CC(C)C)nnn1C1CCNCC1.Cl. The molecule has 1 amide bonds. The van der Waals surface area contributed by atoms with Crippen molar-refractivity contribution in [1.82, 2.24) is 25.6 Å². The molecule has 1 aliphatic heterocycles. The highest BCUT2D eigenvalue weighted by Crippen LogP contribution is 2.20. The van der Waals surface area contributed by atoms with Gasteiger partial charge in [-0.25, -0.2) is 4.68 Å². The number of nitrogens with zero attached hydrogens (tertiary/aromatic N) is 3. The second-order valence-electron chi connectivity index (χ2n) is 7.17. The quantitative estimate of drug-likeness (QED) is 0.645. The van der Waals surface area contributed by atoms with Crippen LogP contribution in [0.25, 0.3) is 0 Å². The maximum Gasteiger partial charge on any atom is 0.273 e. The molecule has 1 fully saturated rings. The third-order valence-corrected chi connectivity index (χ3v) is 4.69. The van der Waals surface area contributed by atoms with E-state index in [1.807, 2.05) is 11.6 Å². The van der Waals surface area contributed by atoms with E-state index in [1.54, 1.807) is 0 Å². The van der Waals surface area contributed by atoms with Crippen LogP contribution in [0, 0.1) is 18.8 Å². The van der Waals surface area contributed by atoms with Crippen LogP contribution in [-0.2, 0) is 0 Å². The Labute approximate surface area is 156 Å². The van der Waals surface area contributed by atoms with Gasteiger partial charge in [0.1, 0.15) is 0 Å². The molecule has 1 unspecified atom stereocenters. The highest BCUT2D eigenvalue weighted by atomic mass is 35.5. The molecule has 1 aliphatic rings. The van der Waals surface area contributed by atoms with E-state index in [0.29, 0.717) is 36.5 Å². The molecule has 0 spiro atoms. The monoisotopic (exact) mass is 373 g/mol. The summed E-state index contributed by atoms with van der Waals surface area (Å²) in [5.74, 6) is 0.666. The predicted octanol–water partition coefficient (Wildman–Crippen LogP) is 1.71. The summed E-state index contributed by atoms with van der Waals surface area (Å²) in [6, 6.07) is 0.323. The highest BCUT2D eigenvalue weighted by Gasteiger charge is 2.23. The van der Waals surface area contributed by atoms with Gasteiger partial charge in [-0.3, -0.25) is 4.79 Å². The van der Waals surface area contributed by atoms with E-state index in [2.05, 4.69) is 34.8 Å². The van der Waals surface area contributed by atoms with Gasteiger partial charge in [0.05, 0.1) is 11.7 Å². The van der Waals surface area contributed by atoms with Crippen molar-refractivity contribution >= 4 is 18.3 Å². The third-order valence-electron chi connectivity index (χ3n) is 4.69. The second-order valence-corrected chi connectivity index (χ2v) is 7.17. The first-order chi connectivity index (χ1) is 11.5. The largest absolute Gasteiger partial charge is 0.396 e. The number of hydrogen-bond donors (Lipinski definition) is 3. The minimum absolute atomic E-state index is 0. The Balaban J connectivity index is 0.00000312. The first-order valence-corrected chi connectivity index (χ1v) is 9.04. The van der Waals surface area contributed by atoms with Gasteiger partial charge in [-0.05, 0) is 57.5 Å². The smallest absolute Gasteiger partial charge is 0.273 e. The van der Waals surface area contributed by atoms with Gasteiger partial charge in [-0.15, -0.1) is 17.5 Å². The number of aromatic nitrogens is 3. The number of carbonyl (C=O) groups excluding carboxylic acids is 1. The molecule has 1 atom stereocenters. The van der Waals surface area contributed by atoms with Gasteiger partial charge in [-0.2, -0.15) is 0 Å². The first-order valence-electron chi connectivity index (χ1n) is 9.04. The number of hydrogen-bond acceptors (Lipinski definition) is 5. The molecule has 0 aromatic carbocycles. The minimum atomic E-state index is -0.167. The number of halogens is 1. The van der Waals surface area contributed by atoms with Crippen molar-refractivity contribution in [3.63, 3.8) is 0 Å². The average Bonchev–Trinajstić information content (AvgIpc) is 2.94. The van der Waals surface area contributed by atoms with Crippen molar-refractivity contribution in [2.45, 2.75) is 52.5 Å². The molecule has 0 bridgehead atoms. The molecule has 0 saturated carbocycles. The van der Waals surface area contributed by atoms with Crippen LogP contribution in [0.2, 0.25) is 0 Å². The normalized spacial score (nSPS) is 16.5. The molecule has 3 N–H and O–H groups in total. The minimum Gasteiger partial charge on any atom is -0.396 e. The van der Waals surface area contributed by atoms with Crippen LogP contribution in [0.5, 0.6) is 0 Å². The summed E-state index contributed by atoms with van der Waals surface area (Å²) in [6.45, 7) is 8.89. The highest BCUT2D eigenvalue weighted by molar-refractivity contribution is 5.93. The number of rotatable bonds is 8. The molecule has 0 aliphatic carbocycles. The van der Waals surface area contributed by atoms with Crippen LogP contribution in [0.3, 0.4) is 0 Å². The zero-order valence-electron chi connectivity index (χ0n) is 15.5. The van der Waals surface area contributed by atoms with Crippen molar-refractivity contribution < 1.29 is 9.90 Å². The van der Waals surface area contributed by atoms with Crippen LogP contribution in [0.1, 0.15) is 61.8 Å². The Morgan fingerprint density at radius 2 is 2.08 bits per heavy atom. The number of aliphatic hydroxyl groups is 1. The Morgan fingerprint density at radius 1 is 1.40 bits per heavy atom. The standard InChI is InChI=1S/C17H31N5O2.ClH/c1-12(2)10-14(6-9-23)11-19-17(24)16-13(3)22(21-20-16)15-4-7-18-8-5-15;/h12,14-15,18,23H,4-11H2,1-3H3,(H,19,24);1H. The zero-order valence-corrected chi connectivity index (χ0v) is 16.3. The molecule has 0 radical (unpaired) electrons. The summed E-state index contributed by atoms with van der Waals surface area (Å²) in [5.41, 5.74) is 1.25. The molecule has 2 heterocycles. The zero-order chi connectivity index (χ0) is 17.5. The number of nitrogens with one attached hydrogen (secondary N) is 2. The topological polar surface area (TPSA) is 92.1 Å². The van der Waals surface area contributed by atoms with Crippen LogP contribution in [0.4, 0.5) is 0 Å². The number of amides is 1. The van der Waals surface area contributed by atoms with Gasteiger partial charge in [0.15, 0.2) is 5.69 Å². The van der Waals surface area contributed by atoms with Gasteiger partial charge in [-0.1, -0.05) is 19.1 Å². The molecular weight excluding hydrogens is 342 g/mol. The fourth-order valence-corrected chi connectivity index (χ4v) is 3.42. The Morgan fingerprint density at radius 3 is 2.68 bits per heavy atom.